The highest BCUT2D eigenvalue weighted by Gasteiger charge is 2.25. The third-order valence-electron chi connectivity index (χ3n) is 4.20. The van der Waals surface area contributed by atoms with Gasteiger partial charge in [0.15, 0.2) is 5.69 Å². The SMILES string of the molecule is Cc1[nH]nc(C(=O)N2CCCC(C(C)C)CC2)c1N. The molecule has 1 fully saturated rings. The van der Waals surface area contributed by atoms with Crippen LogP contribution < -0.4 is 5.73 Å². The number of anilines is 1. The van der Waals surface area contributed by atoms with Crippen LogP contribution in [0.4, 0.5) is 5.69 Å². The van der Waals surface area contributed by atoms with Crippen LogP contribution in [-0.4, -0.2) is 34.1 Å². The molecule has 0 spiro atoms. The van der Waals surface area contributed by atoms with E-state index in [9.17, 15) is 4.79 Å². The molecule has 1 saturated heterocycles. The molecule has 19 heavy (non-hydrogen) atoms. The molecule has 0 saturated carbocycles. The van der Waals surface area contributed by atoms with Crippen LogP contribution in [0.3, 0.4) is 0 Å². The van der Waals surface area contributed by atoms with Gasteiger partial charge in [-0.05, 0) is 38.0 Å². The van der Waals surface area contributed by atoms with Crippen molar-refractivity contribution in [1.82, 2.24) is 15.1 Å². The Balaban J connectivity index is 2.06. The summed E-state index contributed by atoms with van der Waals surface area (Å²) in [6.45, 7) is 7.98. The van der Waals surface area contributed by atoms with Crippen LogP contribution in [0.25, 0.3) is 0 Å². The monoisotopic (exact) mass is 264 g/mol. The maximum Gasteiger partial charge on any atom is 0.276 e. The van der Waals surface area contributed by atoms with Crippen molar-refractivity contribution in [1.29, 1.82) is 0 Å². The quantitative estimate of drug-likeness (QED) is 0.860. The third kappa shape index (κ3) is 2.91. The van der Waals surface area contributed by atoms with Crippen molar-refractivity contribution in [2.45, 2.75) is 40.0 Å². The van der Waals surface area contributed by atoms with Gasteiger partial charge in [-0.1, -0.05) is 13.8 Å². The van der Waals surface area contributed by atoms with E-state index in [0.29, 0.717) is 17.3 Å². The number of rotatable bonds is 2. The lowest BCUT2D eigenvalue weighted by atomic mass is 9.89. The van der Waals surface area contributed by atoms with Gasteiger partial charge in [-0.2, -0.15) is 5.10 Å². The van der Waals surface area contributed by atoms with E-state index < -0.39 is 0 Å². The second-order valence-electron chi connectivity index (χ2n) is 5.84. The number of aromatic amines is 1. The number of nitrogen functional groups attached to an aromatic ring is 1. The molecule has 1 aliphatic rings. The Labute approximate surface area is 114 Å². The van der Waals surface area contributed by atoms with Crippen LogP contribution in [0.5, 0.6) is 0 Å². The summed E-state index contributed by atoms with van der Waals surface area (Å²) in [7, 11) is 0. The van der Waals surface area contributed by atoms with Crippen LogP contribution in [-0.2, 0) is 0 Å². The molecule has 1 aromatic rings. The number of carbonyl (C=O) groups is 1. The Morgan fingerprint density at radius 1 is 1.42 bits per heavy atom. The Bertz CT molecular complexity index is 452. The van der Waals surface area contributed by atoms with Gasteiger partial charge in [-0.15, -0.1) is 0 Å². The van der Waals surface area contributed by atoms with E-state index >= 15 is 0 Å². The Hall–Kier alpha value is -1.52. The maximum atomic E-state index is 12.4. The molecule has 1 aliphatic heterocycles. The zero-order valence-corrected chi connectivity index (χ0v) is 12.1. The topological polar surface area (TPSA) is 75.0 Å². The van der Waals surface area contributed by atoms with Gasteiger partial charge in [0, 0.05) is 13.1 Å². The van der Waals surface area contributed by atoms with E-state index in [1.54, 1.807) is 0 Å². The summed E-state index contributed by atoms with van der Waals surface area (Å²) in [5.41, 5.74) is 7.50. The van der Waals surface area contributed by atoms with Crippen molar-refractivity contribution < 1.29 is 4.79 Å². The average Bonchev–Trinajstić information content (AvgIpc) is 2.60. The molecule has 2 rings (SSSR count). The first-order valence-electron chi connectivity index (χ1n) is 7.10. The molecule has 0 aliphatic carbocycles. The smallest absolute Gasteiger partial charge is 0.276 e. The molecule has 1 atom stereocenters. The largest absolute Gasteiger partial charge is 0.395 e. The van der Waals surface area contributed by atoms with Crippen molar-refractivity contribution in [3.05, 3.63) is 11.4 Å². The summed E-state index contributed by atoms with van der Waals surface area (Å²) in [5.74, 6) is 1.37. The van der Waals surface area contributed by atoms with Crippen LogP contribution in [0, 0.1) is 18.8 Å². The van der Waals surface area contributed by atoms with Crippen molar-refractivity contribution >= 4 is 11.6 Å². The van der Waals surface area contributed by atoms with E-state index in [1.807, 2.05) is 11.8 Å². The lowest BCUT2D eigenvalue weighted by Crippen LogP contribution is -2.32. The van der Waals surface area contributed by atoms with Gasteiger partial charge in [-0.3, -0.25) is 9.89 Å². The van der Waals surface area contributed by atoms with E-state index in [4.69, 9.17) is 5.73 Å². The number of H-pyrrole nitrogens is 1. The first kappa shape index (κ1) is 13.9. The standard InChI is InChI=1S/C14H24N4O/c1-9(2)11-5-4-7-18(8-6-11)14(19)13-12(15)10(3)16-17-13/h9,11H,4-8,15H2,1-3H3,(H,16,17). The van der Waals surface area contributed by atoms with Gasteiger partial charge in [-0.25, -0.2) is 0 Å². The normalized spacial score (nSPS) is 20.6. The van der Waals surface area contributed by atoms with Crippen LogP contribution in [0.1, 0.15) is 49.3 Å². The number of nitrogens with two attached hydrogens (primary N) is 1. The van der Waals surface area contributed by atoms with Crippen LogP contribution in [0.15, 0.2) is 0 Å². The van der Waals surface area contributed by atoms with Crippen molar-refractivity contribution in [2.75, 3.05) is 18.8 Å². The fourth-order valence-corrected chi connectivity index (χ4v) is 2.74. The minimum Gasteiger partial charge on any atom is -0.395 e. The number of likely N-dealkylation sites (tertiary alicyclic amines) is 1. The van der Waals surface area contributed by atoms with Crippen molar-refractivity contribution in [2.24, 2.45) is 11.8 Å². The highest BCUT2D eigenvalue weighted by atomic mass is 16.2. The highest BCUT2D eigenvalue weighted by molar-refractivity contribution is 5.97. The number of aromatic nitrogens is 2. The summed E-state index contributed by atoms with van der Waals surface area (Å²) in [5, 5.41) is 6.81. The lowest BCUT2D eigenvalue weighted by molar-refractivity contribution is 0.0754. The predicted molar refractivity (Wildman–Crippen MR) is 75.8 cm³/mol. The van der Waals surface area contributed by atoms with E-state index in [2.05, 4.69) is 24.0 Å². The second-order valence-corrected chi connectivity index (χ2v) is 5.84. The molecule has 2 heterocycles. The molecule has 1 aromatic heterocycles. The molecule has 0 bridgehead atoms. The summed E-state index contributed by atoms with van der Waals surface area (Å²) in [4.78, 5) is 14.3. The first-order chi connectivity index (χ1) is 9.00. The molecular formula is C14H24N4O. The Morgan fingerprint density at radius 2 is 2.16 bits per heavy atom. The van der Waals surface area contributed by atoms with Gasteiger partial charge >= 0.3 is 0 Å². The van der Waals surface area contributed by atoms with Gasteiger partial charge in [0.2, 0.25) is 0 Å². The number of amides is 1. The number of nitrogens with zero attached hydrogens (tertiary/aromatic N) is 2. The molecule has 5 heteroatoms. The molecule has 0 radical (unpaired) electrons. The molecular weight excluding hydrogens is 240 g/mol. The van der Waals surface area contributed by atoms with Gasteiger partial charge in [0.25, 0.3) is 5.91 Å². The number of nitrogens with one attached hydrogen (secondary N) is 1. The summed E-state index contributed by atoms with van der Waals surface area (Å²) in [6, 6.07) is 0. The molecule has 1 amide bonds. The molecule has 5 nitrogen and oxygen atoms in total. The summed E-state index contributed by atoms with van der Waals surface area (Å²) in [6.07, 6.45) is 3.35. The van der Waals surface area contributed by atoms with E-state index in [1.165, 1.54) is 6.42 Å². The van der Waals surface area contributed by atoms with Gasteiger partial charge in [0.1, 0.15) is 0 Å². The zero-order valence-electron chi connectivity index (χ0n) is 12.1. The zero-order chi connectivity index (χ0) is 14.0. The number of hydrogen-bond acceptors (Lipinski definition) is 3. The third-order valence-corrected chi connectivity index (χ3v) is 4.20. The first-order valence-corrected chi connectivity index (χ1v) is 7.10. The number of aryl methyl sites for hydroxylation is 1. The van der Waals surface area contributed by atoms with Crippen LogP contribution in [0.2, 0.25) is 0 Å². The summed E-state index contributed by atoms with van der Waals surface area (Å²) >= 11 is 0. The minimum absolute atomic E-state index is 0.0359. The fourth-order valence-electron chi connectivity index (χ4n) is 2.74. The van der Waals surface area contributed by atoms with E-state index in [0.717, 1.165) is 37.5 Å². The molecule has 0 aromatic carbocycles. The van der Waals surface area contributed by atoms with Crippen molar-refractivity contribution in [3.63, 3.8) is 0 Å². The van der Waals surface area contributed by atoms with Crippen LogP contribution >= 0.6 is 0 Å². The lowest BCUT2D eigenvalue weighted by Gasteiger charge is -2.21. The van der Waals surface area contributed by atoms with E-state index in [-0.39, 0.29) is 5.91 Å². The molecule has 1 unspecified atom stereocenters. The van der Waals surface area contributed by atoms with Crippen molar-refractivity contribution in [3.8, 4) is 0 Å². The minimum atomic E-state index is -0.0359. The number of hydrogen-bond donors (Lipinski definition) is 2. The average molecular weight is 264 g/mol. The van der Waals surface area contributed by atoms with Gasteiger partial charge in [0.05, 0.1) is 11.4 Å². The molecule has 106 valence electrons. The number of carbonyl (C=O) groups excluding carboxylic acids is 1. The maximum absolute atomic E-state index is 12.4. The molecule has 3 N–H and O–H groups in total. The van der Waals surface area contributed by atoms with Gasteiger partial charge < -0.3 is 10.6 Å². The highest BCUT2D eigenvalue weighted by Crippen LogP contribution is 2.25. The Kier molecular flexibility index (Phi) is 4.12. The fraction of sp³-hybridized carbons (Fsp3) is 0.714. The second kappa shape index (κ2) is 5.63. The predicted octanol–water partition coefficient (Wildman–Crippen LogP) is 2.20. The summed E-state index contributed by atoms with van der Waals surface area (Å²) < 4.78 is 0. The Morgan fingerprint density at radius 3 is 2.74 bits per heavy atom.